The molecule has 1 N–H and O–H groups in total. The van der Waals surface area contributed by atoms with Crippen LogP contribution in [-0.2, 0) is 4.74 Å². The zero-order valence-corrected chi connectivity index (χ0v) is 15.4. The number of aromatic nitrogens is 4. The summed E-state index contributed by atoms with van der Waals surface area (Å²) in [5.74, 6) is 0.771. The molecule has 7 nitrogen and oxygen atoms in total. The monoisotopic (exact) mass is 389 g/mol. The Morgan fingerprint density at radius 2 is 1.90 bits per heavy atom. The highest BCUT2D eigenvalue weighted by Gasteiger charge is 2.23. The quantitative estimate of drug-likeness (QED) is 0.493. The fourth-order valence-electron chi connectivity index (χ4n) is 3.89. The lowest BCUT2D eigenvalue weighted by molar-refractivity contribution is 0.122. The summed E-state index contributed by atoms with van der Waals surface area (Å²) < 4.78 is 25.9. The Hall–Kier alpha value is -3.52. The largest absolute Gasteiger partial charge is 0.450 e. The number of anilines is 1. The van der Waals surface area contributed by atoms with E-state index in [1.54, 1.807) is 6.20 Å². The van der Waals surface area contributed by atoms with Gasteiger partial charge in [0.1, 0.15) is 16.9 Å². The van der Waals surface area contributed by atoms with Gasteiger partial charge in [0.2, 0.25) is 0 Å². The average molecular weight is 389 g/mol. The molecular weight excluding hydrogens is 373 g/mol. The standard InChI is InChI=1S/C21H16FN5O2/c22-12-9-14(15-11-23-26-16(15)10-12)20-24-18-13-3-1-2-4-17(13)29-19(18)21(25-20)27-5-7-28-8-6-27/h1-4,9-11H,5-8H2,(H,23,26). The Labute approximate surface area is 164 Å². The number of morpholine rings is 1. The Balaban J connectivity index is 1.68. The van der Waals surface area contributed by atoms with Gasteiger partial charge in [0, 0.05) is 29.4 Å². The molecule has 0 saturated carbocycles. The molecule has 4 heterocycles. The Morgan fingerprint density at radius 3 is 2.79 bits per heavy atom. The van der Waals surface area contributed by atoms with E-state index >= 15 is 0 Å². The second-order valence-corrected chi connectivity index (χ2v) is 7.03. The molecule has 1 fully saturated rings. The Bertz CT molecular complexity index is 1370. The van der Waals surface area contributed by atoms with Crippen LogP contribution in [0.25, 0.3) is 44.4 Å². The fourth-order valence-corrected chi connectivity index (χ4v) is 3.89. The van der Waals surface area contributed by atoms with Crippen LogP contribution in [0.5, 0.6) is 0 Å². The summed E-state index contributed by atoms with van der Waals surface area (Å²) in [6.07, 6.45) is 1.67. The molecule has 1 aliphatic rings. The zero-order chi connectivity index (χ0) is 19.4. The Morgan fingerprint density at radius 1 is 1.03 bits per heavy atom. The third kappa shape index (κ3) is 2.56. The maximum absolute atomic E-state index is 14.3. The molecule has 0 bridgehead atoms. The van der Waals surface area contributed by atoms with E-state index in [1.807, 2.05) is 24.3 Å². The van der Waals surface area contributed by atoms with E-state index in [9.17, 15) is 4.39 Å². The molecule has 6 rings (SSSR count). The number of H-pyrrole nitrogens is 1. The second kappa shape index (κ2) is 6.25. The molecule has 2 aromatic carbocycles. The van der Waals surface area contributed by atoms with Gasteiger partial charge in [0.25, 0.3) is 0 Å². The van der Waals surface area contributed by atoms with Crippen molar-refractivity contribution in [2.75, 3.05) is 31.2 Å². The van der Waals surface area contributed by atoms with E-state index in [0.717, 1.165) is 16.4 Å². The van der Waals surface area contributed by atoms with Crippen molar-refractivity contribution in [3.63, 3.8) is 0 Å². The minimum atomic E-state index is -0.370. The van der Waals surface area contributed by atoms with Crippen molar-refractivity contribution in [1.29, 1.82) is 0 Å². The molecule has 0 aliphatic carbocycles. The summed E-state index contributed by atoms with van der Waals surface area (Å²) in [7, 11) is 0. The third-order valence-electron chi connectivity index (χ3n) is 5.28. The summed E-state index contributed by atoms with van der Waals surface area (Å²) in [6.45, 7) is 2.64. The molecule has 0 spiro atoms. The molecule has 8 heteroatoms. The summed E-state index contributed by atoms with van der Waals surface area (Å²) in [6, 6.07) is 10.6. The van der Waals surface area contributed by atoms with E-state index in [1.165, 1.54) is 12.1 Å². The fraction of sp³-hybridized carbons (Fsp3) is 0.190. The van der Waals surface area contributed by atoms with Crippen LogP contribution in [0.2, 0.25) is 0 Å². The van der Waals surface area contributed by atoms with Gasteiger partial charge in [-0.2, -0.15) is 5.10 Å². The van der Waals surface area contributed by atoms with Gasteiger partial charge in [-0.25, -0.2) is 14.4 Å². The molecule has 5 aromatic rings. The summed E-state index contributed by atoms with van der Waals surface area (Å²) >= 11 is 0. The number of hydrogen-bond acceptors (Lipinski definition) is 6. The number of hydrogen-bond donors (Lipinski definition) is 1. The lowest BCUT2D eigenvalue weighted by Crippen LogP contribution is -2.37. The van der Waals surface area contributed by atoms with Gasteiger partial charge in [-0.15, -0.1) is 0 Å². The topological polar surface area (TPSA) is 80.1 Å². The van der Waals surface area contributed by atoms with Crippen LogP contribution < -0.4 is 4.90 Å². The van der Waals surface area contributed by atoms with Crippen LogP contribution in [0, 0.1) is 5.82 Å². The van der Waals surface area contributed by atoms with Crippen molar-refractivity contribution < 1.29 is 13.5 Å². The molecule has 29 heavy (non-hydrogen) atoms. The smallest absolute Gasteiger partial charge is 0.196 e. The van der Waals surface area contributed by atoms with Crippen molar-refractivity contribution in [2.45, 2.75) is 0 Å². The van der Waals surface area contributed by atoms with Crippen LogP contribution in [0.15, 0.2) is 47.0 Å². The van der Waals surface area contributed by atoms with Crippen LogP contribution in [0.3, 0.4) is 0 Å². The molecule has 1 aliphatic heterocycles. The van der Waals surface area contributed by atoms with E-state index in [4.69, 9.17) is 19.1 Å². The van der Waals surface area contributed by atoms with Crippen LogP contribution in [-0.4, -0.2) is 46.5 Å². The van der Waals surface area contributed by atoms with E-state index in [-0.39, 0.29) is 5.82 Å². The first-order chi connectivity index (χ1) is 14.3. The van der Waals surface area contributed by atoms with Gasteiger partial charge in [-0.05, 0) is 24.3 Å². The van der Waals surface area contributed by atoms with Crippen LogP contribution in [0.4, 0.5) is 10.2 Å². The first-order valence-electron chi connectivity index (χ1n) is 9.43. The van der Waals surface area contributed by atoms with Gasteiger partial charge in [-0.3, -0.25) is 5.10 Å². The number of nitrogens with one attached hydrogen (secondary N) is 1. The molecular formula is C21H16FN5O2. The van der Waals surface area contributed by atoms with E-state index < -0.39 is 0 Å². The van der Waals surface area contributed by atoms with Crippen LogP contribution >= 0.6 is 0 Å². The number of ether oxygens (including phenoxy) is 1. The number of furan rings is 1. The zero-order valence-electron chi connectivity index (χ0n) is 15.4. The van der Waals surface area contributed by atoms with Crippen molar-refractivity contribution in [3.8, 4) is 11.4 Å². The van der Waals surface area contributed by atoms with Crippen LogP contribution in [0.1, 0.15) is 0 Å². The average Bonchev–Trinajstić information content (AvgIpc) is 3.37. The van der Waals surface area contributed by atoms with Gasteiger partial charge in [0.05, 0.1) is 24.9 Å². The first kappa shape index (κ1) is 16.4. The maximum atomic E-state index is 14.3. The van der Waals surface area contributed by atoms with E-state index in [0.29, 0.717) is 60.1 Å². The van der Waals surface area contributed by atoms with Gasteiger partial charge < -0.3 is 14.1 Å². The number of fused-ring (bicyclic) bond motifs is 4. The molecule has 3 aromatic heterocycles. The van der Waals surface area contributed by atoms with Crippen molar-refractivity contribution in [1.82, 2.24) is 20.2 Å². The summed E-state index contributed by atoms with van der Waals surface area (Å²) in [5, 5.41) is 8.54. The SMILES string of the molecule is Fc1cc(-c2nc(N3CCOCC3)c3oc4ccccc4c3n2)c2cn[nH]c2c1. The first-order valence-corrected chi connectivity index (χ1v) is 9.43. The maximum Gasteiger partial charge on any atom is 0.196 e. The normalized spacial score (nSPS) is 15.0. The molecule has 1 saturated heterocycles. The summed E-state index contributed by atoms with van der Waals surface area (Å²) in [5.41, 5.74) is 3.30. The molecule has 0 radical (unpaired) electrons. The molecule has 144 valence electrons. The third-order valence-corrected chi connectivity index (χ3v) is 5.28. The second-order valence-electron chi connectivity index (χ2n) is 7.03. The number of aromatic amines is 1. The number of benzene rings is 2. The summed E-state index contributed by atoms with van der Waals surface area (Å²) in [4.78, 5) is 11.7. The Kier molecular flexibility index (Phi) is 3.54. The highest BCUT2D eigenvalue weighted by Crippen LogP contribution is 2.36. The number of nitrogens with zero attached hydrogens (tertiary/aromatic N) is 4. The van der Waals surface area contributed by atoms with Crippen molar-refractivity contribution in [2.24, 2.45) is 0 Å². The molecule has 0 amide bonds. The number of para-hydroxylation sites is 1. The lowest BCUT2D eigenvalue weighted by atomic mass is 10.1. The van der Waals surface area contributed by atoms with Gasteiger partial charge in [-0.1, -0.05) is 12.1 Å². The number of halogens is 1. The minimum Gasteiger partial charge on any atom is -0.450 e. The van der Waals surface area contributed by atoms with Gasteiger partial charge >= 0.3 is 0 Å². The minimum absolute atomic E-state index is 0.370. The molecule has 0 unspecified atom stereocenters. The van der Waals surface area contributed by atoms with Crippen molar-refractivity contribution >= 4 is 38.8 Å². The predicted molar refractivity (Wildman–Crippen MR) is 107 cm³/mol. The predicted octanol–water partition coefficient (Wildman–Crippen LogP) is 3.90. The highest BCUT2D eigenvalue weighted by atomic mass is 19.1. The van der Waals surface area contributed by atoms with E-state index in [2.05, 4.69) is 15.1 Å². The number of rotatable bonds is 2. The molecule has 0 atom stereocenters. The lowest BCUT2D eigenvalue weighted by Gasteiger charge is -2.27. The van der Waals surface area contributed by atoms with Crippen molar-refractivity contribution in [3.05, 3.63) is 48.4 Å². The van der Waals surface area contributed by atoms with Gasteiger partial charge in [0.15, 0.2) is 17.2 Å². The highest BCUT2D eigenvalue weighted by molar-refractivity contribution is 6.07.